The largest absolute Gasteiger partial charge is 0.478 e. The summed E-state index contributed by atoms with van der Waals surface area (Å²) in [6, 6.07) is 5.27. The number of nitrogens with one attached hydrogen (secondary N) is 1. The highest BCUT2D eigenvalue weighted by molar-refractivity contribution is 5.94. The lowest BCUT2D eigenvalue weighted by Crippen LogP contribution is -2.26. The molecule has 0 bridgehead atoms. The van der Waals surface area contributed by atoms with Crippen LogP contribution in [0.2, 0.25) is 0 Å². The van der Waals surface area contributed by atoms with Crippen LogP contribution in [-0.2, 0) is 14.3 Å². The van der Waals surface area contributed by atoms with Crippen LogP contribution < -0.4 is 5.32 Å². The van der Waals surface area contributed by atoms with Crippen molar-refractivity contribution in [3.8, 4) is 0 Å². The summed E-state index contributed by atoms with van der Waals surface area (Å²) in [4.78, 5) is 22.1. The Morgan fingerprint density at radius 3 is 2.63 bits per heavy atom. The SMILES string of the molecule is COC(C)C(=O)Nc1ccc(/C=C/C(=O)O)cc1C. The Labute approximate surface area is 111 Å². The molecule has 0 aliphatic carbocycles. The molecule has 0 saturated carbocycles. The maximum absolute atomic E-state index is 11.7. The lowest BCUT2D eigenvalue weighted by molar-refractivity contribution is -0.131. The quantitative estimate of drug-likeness (QED) is 0.797. The van der Waals surface area contributed by atoms with E-state index in [-0.39, 0.29) is 5.91 Å². The van der Waals surface area contributed by atoms with E-state index in [1.807, 2.05) is 6.92 Å². The molecule has 0 radical (unpaired) electrons. The van der Waals surface area contributed by atoms with Crippen molar-refractivity contribution in [3.63, 3.8) is 0 Å². The first-order valence-electron chi connectivity index (χ1n) is 5.79. The van der Waals surface area contributed by atoms with E-state index in [1.54, 1.807) is 25.1 Å². The molecule has 0 fully saturated rings. The summed E-state index contributed by atoms with van der Waals surface area (Å²) < 4.78 is 4.92. The topological polar surface area (TPSA) is 75.6 Å². The van der Waals surface area contributed by atoms with Crippen LogP contribution in [0.3, 0.4) is 0 Å². The van der Waals surface area contributed by atoms with Gasteiger partial charge in [-0.15, -0.1) is 0 Å². The minimum atomic E-state index is -0.996. The average Bonchev–Trinajstić information content (AvgIpc) is 2.38. The third-order valence-electron chi connectivity index (χ3n) is 2.65. The van der Waals surface area contributed by atoms with Gasteiger partial charge in [0.05, 0.1) is 0 Å². The molecule has 2 N–H and O–H groups in total. The number of carbonyl (C=O) groups excluding carboxylic acids is 1. The van der Waals surface area contributed by atoms with Crippen LogP contribution in [0.4, 0.5) is 5.69 Å². The third-order valence-corrected chi connectivity index (χ3v) is 2.65. The molecule has 0 spiro atoms. The Kier molecular flexibility index (Phi) is 5.26. The first-order chi connectivity index (χ1) is 8.93. The zero-order chi connectivity index (χ0) is 14.4. The van der Waals surface area contributed by atoms with Gasteiger partial charge in [-0.25, -0.2) is 4.79 Å². The Bertz CT molecular complexity index is 508. The fourth-order valence-electron chi connectivity index (χ4n) is 1.44. The summed E-state index contributed by atoms with van der Waals surface area (Å²) >= 11 is 0. The molecule has 5 heteroatoms. The smallest absolute Gasteiger partial charge is 0.328 e. The highest BCUT2D eigenvalue weighted by atomic mass is 16.5. The summed E-state index contributed by atoms with van der Waals surface area (Å²) in [5.41, 5.74) is 2.29. The number of carboxylic acids is 1. The Morgan fingerprint density at radius 1 is 1.42 bits per heavy atom. The standard InChI is InChI=1S/C14H17NO4/c1-9-8-11(5-7-13(16)17)4-6-12(9)15-14(18)10(2)19-3/h4-8,10H,1-3H3,(H,15,18)(H,16,17)/b7-5+. The molecule has 0 aliphatic heterocycles. The van der Waals surface area contributed by atoms with Gasteiger partial charge in [-0.05, 0) is 43.2 Å². The molecule has 1 aromatic rings. The molecular formula is C14H17NO4. The highest BCUT2D eigenvalue weighted by Crippen LogP contribution is 2.17. The zero-order valence-corrected chi connectivity index (χ0v) is 11.1. The van der Waals surface area contributed by atoms with Crippen LogP contribution >= 0.6 is 0 Å². The summed E-state index contributed by atoms with van der Waals surface area (Å²) in [7, 11) is 1.47. The zero-order valence-electron chi connectivity index (χ0n) is 11.1. The molecule has 0 aromatic heterocycles. The van der Waals surface area contributed by atoms with Crippen molar-refractivity contribution in [2.24, 2.45) is 0 Å². The summed E-state index contributed by atoms with van der Waals surface area (Å²) in [5, 5.41) is 11.3. The molecule has 0 aliphatic rings. The van der Waals surface area contributed by atoms with Crippen molar-refractivity contribution in [1.29, 1.82) is 0 Å². The predicted molar refractivity (Wildman–Crippen MR) is 72.9 cm³/mol. The van der Waals surface area contributed by atoms with Crippen molar-refractivity contribution >= 4 is 23.6 Å². The van der Waals surface area contributed by atoms with Crippen LogP contribution in [0.5, 0.6) is 0 Å². The normalized spacial score (nSPS) is 12.4. The lowest BCUT2D eigenvalue weighted by Gasteiger charge is -2.12. The van der Waals surface area contributed by atoms with E-state index in [4.69, 9.17) is 9.84 Å². The second kappa shape index (κ2) is 6.70. The molecule has 0 heterocycles. The van der Waals surface area contributed by atoms with E-state index < -0.39 is 12.1 Å². The molecule has 19 heavy (non-hydrogen) atoms. The van der Waals surface area contributed by atoms with Crippen molar-refractivity contribution in [3.05, 3.63) is 35.4 Å². The van der Waals surface area contributed by atoms with Gasteiger partial charge in [0.1, 0.15) is 6.10 Å². The molecule has 1 rings (SSSR count). The van der Waals surface area contributed by atoms with Crippen LogP contribution in [0.1, 0.15) is 18.1 Å². The van der Waals surface area contributed by atoms with Crippen molar-refractivity contribution in [2.45, 2.75) is 20.0 Å². The Morgan fingerprint density at radius 2 is 2.11 bits per heavy atom. The number of hydrogen-bond donors (Lipinski definition) is 2. The van der Waals surface area contributed by atoms with E-state index in [0.29, 0.717) is 5.69 Å². The van der Waals surface area contributed by atoms with Crippen LogP contribution in [0.25, 0.3) is 6.08 Å². The van der Waals surface area contributed by atoms with Crippen molar-refractivity contribution in [2.75, 3.05) is 12.4 Å². The fraction of sp³-hybridized carbons (Fsp3) is 0.286. The number of aliphatic carboxylic acids is 1. The van der Waals surface area contributed by atoms with Crippen molar-refractivity contribution in [1.82, 2.24) is 0 Å². The lowest BCUT2D eigenvalue weighted by atomic mass is 10.1. The van der Waals surface area contributed by atoms with Crippen LogP contribution in [0, 0.1) is 6.92 Å². The molecule has 1 unspecified atom stereocenters. The average molecular weight is 263 g/mol. The molecule has 0 saturated heterocycles. The number of amides is 1. The van der Waals surface area contributed by atoms with Crippen LogP contribution in [0.15, 0.2) is 24.3 Å². The highest BCUT2D eigenvalue weighted by Gasteiger charge is 2.12. The number of benzene rings is 1. The van der Waals surface area contributed by atoms with E-state index in [2.05, 4.69) is 5.32 Å². The van der Waals surface area contributed by atoms with E-state index in [9.17, 15) is 9.59 Å². The summed E-state index contributed by atoms with van der Waals surface area (Å²) in [5.74, 6) is -1.22. The second-order valence-corrected chi connectivity index (χ2v) is 4.11. The monoisotopic (exact) mass is 263 g/mol. The van der Waals surface area contributed by atoms with Crippen molar-refractivity contribution < 1.29 is 19.4 Å². The number of carboxylic acid groups (broad SMARTS) is 1. The van der Waals surface area contributed by atoms with E-state index in [0.717, 1.165) is 17.2 Å². The van der Waals surface area contributed by atoms with Gasteiger partial charge >= 0.3 is 5.97 Å². The van der Waals surface area contributed by atoms with Gasteiger partial charge in [0.15, 0.2) is 0 Å². The number of aryl methyl sites for hydroxylation is 1. The molecule has 5 nitrogen and oxygen atoms in total. The maximum atomic E-state index is 11.7. The number of rotatable bonds is 5. The fourth-order valence-corrected chi connectivity index (χ4v) is 1.44. The van der Waals surface area contributed by atoms with Gasteiger partial charge in [0, 0.05) is 18.9 Å². The molecule has 1 amide bonds. The van der Waals surface area contributed by atoms with Gasteiger partial charge < -0.3 is 15.2 Å². The Hall–Kier alpha value is -2.14. The maximum Gasteiger partial charge on any atom is 0.328 e. The number of carbonyl (C=O) groups is 2. The predicted octanol–water partition coefficient (Wildman–Crippen LogP) is 2.07. The number of methoxy groups -OCH3 is 1. The van der Waals surface area contributed by atoms with Gasteiger partial charge in [-0.3, -0.25) is 4.79 Å². The number of anilines is 1. The number of hydrogen-bond acceptors (Lipinski definition) is 3. The van der Waals surface area contributed by atoms with Gasteiger partial charge in [0.25, 0.3) is 5.91 Å². The third kappa shape index (κ3) is 4.56. The minimum Gasteiger partial charge on any atom is -0.478 e. The molecule has 1 atom stereocenters. The molecule has 102 valence electrons. The number of ether oxygens (including phenoxy) is 1. The van der Waals surface area contributed by atoms with E-state index >= 15 is 0 Å². The second-order valence-electron chi connectivity index (χ2n) is 4.11. The molecule has 1 aromatic carbocycles. The van der Waals surface area contributed by atoms with Crippen LogP contribution in [-0.4, -0.2) is 30.2 Å². The van der Waals surface area contributed by atoms with Gasteiger partial charge in [0.2, 0.25) is 0 Å². The first kappa shape index (κ1) is 14.9. The van der Waals surface area contributed by atoms with E-state index in [1.165, 1.54) is 13.2 Å². The first-order valence-corrected chi connectivity index (χ1v) is 5.79. The van der Waals surface area contributed by atoms with Gasteiger partial charge in [-0.2, -0.15) is 0 Å². The summed E-state index contributed by atoms with van der Waals surface area (Å²) in [6.45, 7) is 3.50. The Balaban J connectivity index is 2.83. The minimum absolute atomic E-state index is 0.223. The van der Waals surface area contributed by atoms with Gasteiger partial charge in [-0.1, -0.05) is 6.07 Å². The molecular weight excluding hydrogens is 246 g/mol. The summed E-state index contributed by atoms with van der Waals surface area (Å²) in [6.07, 6.45) is 2.05.